The van der Waals surface area contributed by atoms with Crippen molar-refractivity contribution in [2.24, 2.45) is 5.92 Å². The van der Waals surface area contributed by atoms with Crippen molar-refractivity contribution in [2.45, 2.75) is 44.0 Å². The lowest BCUT2D eigenvalue weighted by atomic mass is 9.87. The summed E-state index contributed by atoms with van der Waals surface area (Å²) in [7, 11) is 0. The van der Waals surface area contributed by atoms with Crippen LogP contribution in [0.1, 0.15) is 32.3 Å². The number of aliphatic hydroxyl groups is 3. The molecule has 8 nitrogen and oxygen atoms in total. The first-order chi connectivity index (χ1) is 11.8. The lowest BCUT2D eigenvalue weighted by Gasteiger charge is -2.25. The van der Waals surface area contributed by atoms with Crippen LogP contribution in [0.5, 0.6) is 0 Å². The number of nitrogens with zero attached hydrogens (tertiary/aromatic N) is 1. The molecule has 142 valence electrons. The number of nitro groups is 1. The number of rotatable bonds is 8. The zero-order chi connectivity index (χ0) is 19.6. The van der Waals surface area contributed by atoms with E-state index in [1.807, 2.05) is 13.8 Å². The van der Waals surface area contributed by atoms with Gasteiger partial charge in [0.2, 0.25) is 6.29 Å². The zero-order valence-corrected chi connectivity index (χ0v) is 15.9. The minimum absolute atomic E-state index is 0.549. The summed E-state index contributed by atoms with van der Waals surface area (Å²) in [6, 6.07) is 8.39. The molecule has 0 spiro atoms. The lowest BCUT2D eigenvalue weighted by molar-refractivity contribution is -0.497. The largest absolute Gasteiger partial charge is 0.433 e. The highest BCUT2D eigenvalue weighted by molar-refractivity contribution is 9.09. The summed E-state index contributed by atoms with van der Waals surface area (Å²) in [5, 5.41) is 38.5. The van der Waals surface area contributed by atoms with Crippen LogP contribution in [0, 0.1) is 16.0 Å². The van der Waals surface area contributed by atoms with Gasteiger partial charge in [-0.05, 0) is 21.5 Å². The van der Waals surface area contributed by atoms with Crippen molar-refractivity contribution >= 4 is 21.9 Å². The lowest BCUT2D eigenvalue weighted by Crippen LogP contribution is -2.38. The molecule has 3 N–H and O–H groups in total. The molecule has 1 aromatic carbocycles. The molecule has 1 rings (SSSR count). The number of ether oxygens (including phenoxy) is 1. The number of carbonyl (C=O) groups excluding carboxylic acids is 1. The number of alkyl halides is 1. The van der Waals surface area contributed by atoms with E-state index < -0.39 is 46.7 Å². The van der Waals surface area contributed by atoms with E-state index in [4.69, 9.17) is 5.11 Å². The molecule has 5 atom stereocenters. The summed E-state index contributed by atoms with van der Waals surface area (Å²) >= 11 is 2.96. The molecule has 0 saturated carbocycles. The molecule has 0 saturated heterocycles. The van der Waals surface area contributed by atoms with Crippen molar-refractivity contribution in [1.29, 1.82) is 0 Å². The fourth-order valence-corrected chi connectivity index (χ4v) is 2.80. The van der Waals surface area contributed by atoms with Crippen molar-refractivity contribution in [3.05, 3.63) is 46.0 Å². The van der Waals surface area contributed by atoms with E-state index >= 15 is 0 Å². The van der Waals surface area contributed by atoms with Gasteiger partial charge in [0.25, 0.3) is 4.95 Å². The maximum absolute atomic E-state index is 12.1. The predicted molar refractivity (Wildman–Crippen MR) is 94.6 cm³/mol. The molecule has 0 aliphatic rings. The third-order valence-corrected chi connectivity index (χ3v) is 4.25. The summed E-state index contributed by atoms with van der Waals surface area (Å²) < 4.78 is 4.66. The van der Waals surface area contributed by atoms with E-state index in [0.29, 0.717) is 5.56 Å². The van der Waals surface area contributed by atoms with Crippen LogP contribution in [0.4, 0.5) is 0 Å². The molecule has 0 fully saturated rings. The summed E-state index contributed by atoms with van der Waals surface area (Å²) in [5.74, 6) is -2.75. The maximum Gasteiger partial charge on any atom is 0.311 e. The van der Waals surface area contributed by atoms with E-state index in [-0.39, 0.29) is 0 Å². The quantitative estimate of drug-likeness (QED) is 0.145. The molecule has 9 heteroatoms. The van der Waals surface area contributed by atoms with Crippen molar-refractivity contribution < 1.29 is 29.8 Å². The van der Waals surface area contributed by atoms with Crippen molar-refractivity contribution in [1.82, 2.24) is 0 Å². The first-order valence-electron chi connectivity index (χ1n) is 7.79. The number of benzene rings is 1. The van der Waals surface area contributed by atoms with Gasteiger partial charge in [-0.1, -0.05) is 51.1 Å². The van der Waals surface area contributed by atoms with E-state index in [1.165, 1.54) is 6.92 Å². The highest BCUT2D eigenvalue weighted by Crippen LogP contribution is 2.33. The van der Waals surface area contributed by atoms with Crippen LogP contribution in [-0.4, -0.2) is 50.2 Å². The van der Waals surface area contributed by atoms with Crippen LogP contribution in [0.3, 0.4) is 0 Å². The van der Waals surface area contributed by atoms with Crippen molar-refractivity contribution in [3.8, 4) is 0 Å². The van der Waals surface area contributed by atoms with Gasteiger partial charge in [0.05, 0.1) is 18.4 Å². The molecule has 0 bridgehead atoms. The van der Waals surface area contributed by atoms with Crippen LogP contribution >= 0.6 is 15.9 Å². The molecule has 0 aliphatic heterocycles. The maximum atomic E-state index is 12.1. The Bertz CT molecular complexity index is 528. The van der Waals surface area contributed by atoms with E-state index in [0.717, 1.165) is 0 Å². The zero-order valence-electron chi connectivity index (χ0n) is 14.3. The molecule has 0 aromatic heterocycles. The summed E-state index contributed by atoms with van der Waals surface area (Å²) in [5.41, 5.74) is 0.549. The fraction of sp³-hybridized carbons (Fsp3) is 0.562. The minimum atomic E-state index is -1.91. The molecule has 25 heavy (non-hydrogen) atoms. The highest BCUT2D eigenvalue weighted by atomic mass is 79.9. The Morgan fingerprint density at radius 2 is 1.80 bits per heavy atom. The van der Waals surface area contributed by atoms with Crippen LogP contribution in [-0.2, 0) is 9.53 Å². The van der Waals surface area contributed by atoms with Crippen LogP contribution in [0.2, 0.25) is 0 Å². The Hall–Kier alpha value is -1.55. The molecular weight excluding hydrogens is 398 g/mol. The molecule has 0 aliphatic carbocycles. The number of hydrogen-bond donors (Lipinski definition) is 3. The molecule has 1 aromatic rings. The number of aliphatic hydroxyl groups excluding tert-OH is 3. The SMILES string of the molecule is CC.CC(C(=O)OC(O)C(O)CO)C(c1ccccc1)C(Br)[N+](=O)[O-]. The van der Waals surface area contributed by atoms with Crippen LogP contribution in [0.15, 0.2) is 30.3 Å². The van der Waals surface area contributed by atoms with Crippen molar-refractivity contribution in [3.63, 3.8) is 0 Å². The van der Waals surface area contributed by atoms with E-state index in [1.54, 1.807) is 30.3 Å². The molecule has 0 heterocycles. The normalized spacial score (nSPS) is 16.4. The Morgan fingerprint density at radius 3 is 2.24 bits per heavy atom. The van der Waals surface area contributed by atoms with Gasteiger partial charge in [-0.2, -0.15) is 0 Å². The monoisotopic (exact) mass is 421 g/mol. The average Bonchev–Trinajstić information content (AvgIpc) is 2.63. The first-order valence-corrected chi connectivity index (χ1v) is 8.71. The van der Waals surface area contributed by atoms with Crippen molar-refractivity contribution in [2.75, 3.05) is 6.61 Å². The van der Waals surface area contributed by atoms with Gasteiger partial charge in [0.1, 0.15) is 6.10 Å². The Kier molecular flexibility index (Phi) is 11.2. The second-order valence-electron chi connectivity index (χ2n) is 4.96. The molecular formula is C16H24BrNO7. The third kappa shape index (κ3) is 7.07. The summed E-state index contributed by atoms with van der Waals surface area (Å²) in [4.78, 5) is 21.4. The number of hydrogen-bond acceptors (Lipinski definition) is 7. The third-order valence-electron chi connectivity index (χ3n) is 3.35. The topological polar surface area (TPSA) is 130 Å². The fourth-order valence-electron chi connectivity index (χ4n) is 2.03. The smallest absolute Gasteiger partial charge is 0.311 e. The van der Waals surface area contributed by atoms with Gasteiger partial charge in [0, 0.05) is 4.92 Å². The predicted octanol–water partition coefficient (Wildman–Crippen LogP) is 1.64. The van der Waals surface area contributed by atoms with Crippen LogP contribution < -0.4 is 0 Å². The minimum Gasteiger partial charge on any atom is -0.433 e. The molecule has 0 amide bonds. The van der Waals surface area contributed by atoms with Gasteiger partial charge in [-0.15, -0.1) is 0 Å². The van der Waals surface area contributed by atoms with Gasteiger partial charge in [-0.25, -0.2) is 0 Å². The second kappa shape index (κ2) is 11.9. The summed E-state index contributed by atoms with van der Waals surface area (Å²) in [6.45, 7) is 4.64. The van der Waals surface area contributed by atoms with Gasteiger partial charge in [0.15, 0.2) is 0 Å². The molecule has 5 unspecified atom stereocenters. The van der Waals surface area contributed by atoms with Crippen LogP contribution in [0.25, 0.3) is 0 Å². The number of esters is 1. The van der Waals surface area contributed by atoms with Gasteiger partial charge in [-0.3, -0.25) is 14.9 Å². The number of halogens is 1. The standard InChI is InChI=1S/C14H18BrNO7.C2H6/c1-8(13(19)23-14(20)10(18)7-17)11(12(15)16(21)22)9-5-3-2-4-6-9;1-2/h2-6,8,10-12,14,17-18,20H,7H2,1H3;1-2H3. The van der Waals surface area contributed by atoms with Gasteiger partial charge < -0.3 is 20.1 Å². The van der Waals surface area contributed by atoms with Gasteiger partial charge >= 0.3 is 5.97 Å². The second-order valence-corrected chi connectivity index (χ2v) is 5.90. The number of carbonyl (C=O) groups is 1. The highest BCUT2D eigenvalue weighted by Gasteiger charge is 2.39. The first kappa shape index (κ1) is 23.4. The average molecular weight is 422 g/mol. The Labute approximate surface area is 154 Å². The Morgan fingerprint density at radius 1 is 1.28 bits per heavy atom. The van der Waals surface area contributed by atoms with E-state index in [9.17, 15) is 25.1 Å². The summed E-state index contributed by atoms with van der Waals surface area (Å²) in [6.07, 6.45) is -3.55. The van der Waals surface area contributed by atoms with E-state index in [2.05, 4.69) is 20.7 Å². The molecule has 0 radical (unpaired) electrons. The Balaban J connectivity index is 0.00000277.